The van der Waals surface area contributed by atoms with Crippen molar-refractivity contribution in [2.24, 2.45) is 0 Å². The summed E-state index contributed by atoms with van der Waals surface area (Å²) in [5, 5.41) is 13.2. The highest BCUT2D eigenvalue weighted by atomic mass is 35.5. The van der Waals surface area contributed by atoms with Gasteiger partial charge in [0.2, 0.25) is 5.91 Å². The van der Waals surface area contributed by atoms with Crippen LogP contribution in [0.15, 0.2) is 29.4 Å². The molecule has 0 unspecified atom stereocenters. The van der Waals surface area contributed by atoms with Crippen molar-refractivity contribution in [2.45, 2.75) is 75.4 Å². The fourth-order valence-corrected chi connectivity index (χ4v) is 3.85. The molecule has 1 saturated carbocycles. The lowest BCUT2D eigenvalue weighted by molar-refractivity contribution is -0.120. The summed E-state index contributed by atoms with van der Waals surface area (Å²) in [7, 11) is 0. The summed E-state index contributed by atoms with van der Waals surface area (Å²) in [6, 6.07) is 8.04. The van der Waals surface area contributed by atoms with Crippen LogP contribution in [0.3, 0.4) is 0 Å². The van der Waals surface area contributed by atoms with Gasteiger partial charge in [-0.2, -0.15) is 0 Å². The van der Waals surface area contributed by atoms with Crippen molar-refractivity contribution in [2.75, 3.05) is 0 Å². The highest BCUT2D eigenvalue weighted by Crippen LogP contribution is 2.29. The van der Waals surface area contributed by atoms with Crippen molar-refractivity contribution < 1.29 is 4.79 Å². The number of carbonyl (C=O) groups is 1. The standard InChI is InChI=1S/C20H27ClN4OS/c1-3-4-5-6-13-25-18(15-7-9-16(21)10-8-15)23-24-20(25)27-14(2)19(26)22-17-11-12-17/h7-10,14,17H,3-6,11-13H2,1-2H3,(H,22,26)/t14-/m0/s1. The van der Waals surface area contributed by atoms with Gasteiger partial charge in [-0.15, -0.1) is 10.2 Å². The third-order valence-electron chi connectivity index (χ3n) is 4.63. The van der Waals surface area contributed by atoms with E-state index in [1.54, 1.807) is 0 Å². The Balaban J connectivity index is 1.76. The second-order valence-corrected chi connectivity index (χ2v) is 8.81. The van der Waals surface area contributed by atoms with Gasteiger partial charge in [0.05, 0.1) is 5.25 Å². The Morgan fingerprint density at radius 2 is 2.00 bits per heavy atom. The molecule has 5 nitrogen and oxygen atoms in total. The van der Waals surface area contributed by atoms with Crippen molar-refractivity contribution >= 4 is 29.3 Å². The largest absolute Gasteiger partial charge is 0.352 e. The summed E-state index contributed by atoms with van der Waals surface area (Å²) in [6.07, 6.45) is 6.86. The van der Waals surface area contributed by atoms with Gasteiger partial charge in [0.1, 0.15) is 0 Å². The fourth-order valence-electron chi connectivity index (χ4n) is 2.84. The van der Waals surface area contributed by atoms with Gasteiger partial charge in [0, 0.05) is 23.2 Å². The lowest BCUT2D eigenvalue weighted by Crippen LogP contribution is -2.32. The molecule has 0 radical (unpaired) electrons. The predicted octanol–water partition coefficient (Wildman–Crippen LogP) is 4.94. The highest BCUT2D eigenvalue weighted by molar-refractivity contribution is 8.00. The first-order valence-electron chi connectivity index (χ1n) is 9.74. The van der Waals surface area contributed by atoms with Crippen LogP contribution in [0.4, 0.5) is 0 Å². The molecule has 146 valence electrons. The molecule has 1 heterocycles. The zero-order valence-electron chi connectivity index (χ0n) is 15.9. The third-order valence-corrected chi connectivity index (χ3v) is 5.96. The molecule has 3 rings (SSSR count). The molecule has 1 amide bonds. The summed E-state index contributed by atoms with van der Waals surface area (Å²) in [5.74, 6) is 0.913. The molecular formula is C20H27ClN4OS. The number of hydrogen-bond acceptors (Lipinski definition) is 4. The van der Waals surface area contributed by atoms with Crippen molar-refractivity contribution in [3.63, 3.8) is 0 Å². The average molecular weight is 407 g/mol. The van der Waals surface area contributed by atoms with Gasteiger partial charge in [0.15, 0.2) is 11.0 Å². The summed E-state index contributed by atoms with van der Waals surface area (Å²) >= 11 is 7.50. The first-order chi connectivity index (χ1) is 13.1. The van der Waals surface area contributed by atoms with Gasteiger partial charge in [-0.05, 0) is 50.5 Å². The minimum Gasteiger partial charge on any atom is -0.352 e. The molecule has 7 heteroatoms. The first-order valence-corrected chi connectivity index (χ1v) is 11.0. The van der Waals surface area contributed by atoms with E-state index in [1.807, 2.05) is 31.2 Å². The quantitative estimate of drug-likeness (QED) is 0.448. The van der Waals surface area contributed by atoms with Crippen LogP contribution < -0.4 is 5.32 Å². The Kier molecular flexibility index (Phi) is 7.19. The molecular weight excluding hydrogens is 380 g/mol. The van der Waals surface area contributed by atoms with Crippen LogP contribution in [0.1, 0.15) is 52.4 Å². The normalized spacial score (nSPS) is 14.9. The molecule has 1 aliphatic rings. The SMILES string of the molecule is CCCCCCn1c(S[C@@H](C)C(=O)NC2CC2)nnc1-c1ccc(Cl)cc1. The number of nitrogens with zero attached hydrogens (tertiary/aromatic N) is 3. The van der Waals surface area contributed by atoms with E-state index in [0.29, 0.717) is 11.1 Å². The molecule has 27 heavy (non-hydrogen) atoms. The Morgan fingerprint density at radius 3 is 2.67 bits per heavy atom. The van der Waals surface area contributed by atoms with Gasteiger partial charge >= 0.3 is 0 Å². The topological polar surface area (TPSA) is 59.8 Å². The molecule has 1 aliphatic carbocycles. The smallest absolute Gasteiger partial charge is 0.233 e. The van der Waals surface area contributed by atoms with Crippen LogP contribution in [0.25, 0.3) is 11.4 Å². The lowest BCUT2D eigenvalue weighted by Gasteiger charge is -2.13. The Labute approximate surface area is 170 Å². The maximum Gasteiger partial charge on any atom is 0.233 e. The van der Waals surface area contributed by atoms with Crippen molar-refractivity contribution in [3.8, 4) is 11.4 Å². The minimum atomic E-state index is -0.192. The number of nitrogens with one attached hydrogen (secondary N) is 1. The van der Waals surface area contributed by atoms with E-state index < -0.39 is 0 Å². The molecule has 0 saturated heterocycles. The van der Waals surface area contributed by atoms with Gasteiger partial charge in [-0.1, -0.05) is 49.5 Å². The number of aromatic nitrogens is 3. The monoisotopic (exact) mass is 406 g/mol. The van der Waals surface area contributed by atoms with Crippen molar-refractivity contribution in [1.82, 2.24) is 20.1 Å². The number of thioether (sulfide) groups is 1. The number of amides is 1. The Bertz CT molecular complexity index is 758. The Hall–Kier alpha value is -1.53. The van der Waals surface area contributed by atoms with E-state index in [2.05, 4.69) is 27.0 Å². The lowest BCUT2D eigenvalue weighted by atomic mass is 10.2. The average Bonchev–Trinajstić information content (AvgIpc) is 3.39. The molecule has 0 bridgehead atoms. The number of unbranched alkanes of at least 4 members (excludes halogenated alkanes) is 3. The number of benzene rings is 1. The zero-order valence-corrected chi connectivity index (χ0v) is 17.5. The van der Waals surface area contributed by atoms with Crippen molar-refractivity contribution in [3.05, 3.63) is 29.3 Å². The first kappa shape index (κ1) is 20.2. The van der Waals surface area contributed by atoms with Crippen LogP contribution in [-0.4, -0.2) is 32.0 Å². The number of halogens is 1. The maximum atomic E-state index is 12.3. The highest BCUT2D eigenvalue weighted by Gasteiger charge is 2.27. The van der Waals surface area contributed by atoms with Gasteiger partial charge in [0.25, 0.3) is 0 Å². The molecule has 1 N–H and O–H groups in total. The van der Waals surface area contributed by atoms with E-state index in [-0.39, 0.29) is 11.2 Å². The molecule has 2 aromatic rings. The molecule has 0 spiro atoms. The summed E-state index contributed by atoms with van der Waals surface area (Å²) in [5.41, 5.74) is 0.990. The molecule has 1 atom stereocenters. The number of rotatable bonds is 10. The second kappa shape index (κ2) is 9.60. The van der Waals surface area contributed by atoms with Crippen LogP contribution in [0.2, 0.25) is 5.02 Å². The number of hydrogen-bond donors (Lipinski definition) is 1. The van der Waals surface area contributed by atoms with Gasteiger partial charge in [-0.25, -0.2) is 0 Å². The minimum absolute atomic E-state index is 0.0797. The number of carbonyl (C=O) groups excluding carboxylic acids is 1. The van der Waals surface area contributed by atoms with E-state index in [4.69, 9.17) is 11.6 Å². The Morgan fingerprint density at radius 1 is 1.26 bits per heavy atom. The van der Waals surface area contributed by atoms with Crippen LogP contribution in [0, 0.1) is 0 Å². The van der Waals surface area contributed by atoms with Gasteiger partial charge < -0.3 is 9.88 Å². The second-order valence-electron chi connectivity index (χ2n) is 7.07. The summed E-state index contributed by atoms with van der Waals surface area (Å²) in [4.78, 5) is 12.3. The van der Waals surface area contributed by atoms with E-state index >= 15 is 0 Å². The van der Waals surface area contributed by atoms with E-state index in [1.165, 1.54) is 31.0 Å². The van der Waals surface area contributed by atoms with E-state index in [0.717, 1.165) is 42.4 Å². The van der Waals surface area contributed by atoms with Crippen molar-refractivity contribution in [1.29, 1.82) is 0 Å². The maximum absolute atomic E-state index is 12.3. The summed E-state index contributed by atoms with van der Waals surface area (Å²) in [6.45, 7) is 4.99. The summed E-state index contributed by atoms with van der Waals surface area (Å²) < 4.78 is 2.14. The predicted molar refractivity (Wildman–Crippen MR) is 111 cm³/mol. The zero-order chi connectivity index (χ0) is 19.2. The molecule has 0 aliphatic heterocycles. The van der Waals surface area contributed by atoms with Crippen LogP contribution >= 0.6 is 23.4 Å². The molecule has 1 fully saturated rings. The van der Waals surface area contributed by atoms with Crippen LogP contribution in [0.5, 0.6) is 0 Å². The van der Waals surface area contributed by atoms with Gasteiger partial charge in [-0.3, -0.25) is 4.79 Å². The van der Waals surface area contributed by atoms with E-state index in [9.17, 15) is 4.79 Å². The molecule has 1 aromatic carbocycles. The third kappa shape index (κ3) is 5.72. The van der Waals surface area contributed by atoms with Crippen LogP contribution in [-0.2, 0) is 11.3 Å². The fraction of sp³-hybridized carbons (Fsp3) is 0.550. The molecule has 1 aromatic heterocycles.